The molecule has 0 saturated heterocycles. The first-order chi connectivity index (χ1) is 15.0. The van der Waals surface area contributed by atoms with Gasteiger partial charge in [0, 0.05) is 11.1 Å². The van der Waals surface area contributed by atoms with Crippen LogP contribution in [0.5, 0.6) is 23.0 Å². The van der Waals surface area contributed by atoms with Crippen LogP contribution in [0.2, 0.25) is 5.02 Å². The first-order valence-corrected chi connectivity index (χ1v) is 10.3. The second-order valence-electron chi connectivity index (χ2n) is 6.87. The Balaban J connectivity index is 1.61. The van der Waals surface area contributed by atoms with Crippen LogP contribution in [0.25, 0.3) is 11.0 Å². The maximum Gasteiger partial charge on any atom is 0.235 e. The predicted molar refractivity (Wildman–Crippen MR) is 121 cm³/mol. The lowest BCUT2D eigenvalue weighted by atomic mass is 10.2. The van der Waals surface area contributed by atoms with Gasteiger partial charge in [-0.05, 0) is 55.8 Å². The quantitative estimate of drug-likeness (QED) is 0.330. The summed E-state index contributed by atoms with van der Waals surface area (Å²) in [6.45, 7) is 4.45. The van der Waals surface area contributed by atoms with Crippen molar-refractivity contribution in [3.8, 4) is 23.0 Å². The molecule has 0 bridgehead atoms. The maximum atomic E-state index is 13.1. The molecular weight excluding hydrogens is 416 g/mol. The van der Waals surface area contributed by atoms with Crippen molar-refractivity contribution in [3.63, 3.8) is 0 Å². The Bertz CT molecular complexity index is 1260. The summed E-state index contributed by atoms with van der Waals surface area (Å²) in [6, 6.07) is 19.8. The number of aryl methyl sites for hydroxylation is 1. The van der Waals surface area contributed by atoms with E-state index < -0.39 is 0 Å². The monoisotopic (exact) mass is 436 g/mol. The normalized spacial score (nSPS) is 10.8. The molecule has 0 amide bonds. The van der Waals surface area contributed by atoms with Crippen molar-refractivity contribution >= 4 is 22.6 Å². The number of fused-ring (bicyclic) bond motifs is 1. The molecule has 1 heterocycles. The zero-order valence-electron chi connectivity index (χ0n) is 17.2. The molecule has 158 valence electrons. The summed E-state index contributed by atoms with van der Waals surface area (Å²) in [7, 11) is 0. The lowest BCUT2D eigenvalue weighted by Crippen LogP contribution is -2.08. The van der Waals surface area contributed by atoms with E-state index in [1.807, 2.05) is 43.3 Å². The molecule has 0 aliphatic carbocycles. The molecule has 0 aliphatic rings. The lowest BCUT2D eigenvalue weighted by molar-refractivity contribution is 0.306. The molecule has 3 aromatic carbocycles. The van der Waals surface area contributed by atoms with Gasteiger partial charge in [-0.25, -0.2) is 0 Å². The van der Waals surface area contributed by atoms with Gasteiger partial charge in [-0.2, -0.15) is 0 Å². The largest absolute Gasteiger partial charge is 0.490 e. The molecule has 0 spiro atoms. The minimum absolute atomic E-state index is 0.134. The van der Waals surface area contributed by atoms with E-state index in [9.17, 15) is 4.79 Å². The molecule has 31 heavy (non-hydrogen) atoms. The SMILES string of the molecule is CCOc1ccccc1Oc1c(C)oc2cc(OCc3ccc(Cl)cc3)ccc2c1=O. The van der Waals surface area contributed by atoms with Crippen molar-refractivity contribution in [1.82, 2.24) is 0 Å². The number of halogens is 1. The van der Waals surface area contributed by atoms with Crippen LogP contribution in [0.4, 0.5) is 0 Å². The average molecular weight is 437 g/mol. The minimum Gasteiger partial charge on any atom is -0.490 e. The second kappa shape index (κ2) is 9.14. The average Bonchev–Trinajstić information content (AvgIpc) is 2.77. The van der Waals surface area contributed by atoms with Crippen molar-refractivity contribution in [1.29, 1.82) is 0 Å². The number of ether oxygens (including phenoxy) is 3. The molecular formula is C25H21ClO5. The van der Waals surface area contributed by atoms with Gasteiger partial charge in [0.15, 0.2) is 11.5 Å². The standard InChI is InChI=1S/C25H21ClO5/c1-3-28-21-6-4-5-7-22(21)31-25-16(2)30-23-14-19(12-13-20(23)24(25)27)29-15-17-8-10-18(26)11-9-17/h4-14H,3,15H2,1-2H3. The molecule has 6 heteroatoms. The summed E-state index contributed by atoms with van der Waals surface area (Å²) in [5, 5.41) is 1.09. The predicted octanol–water partition coefficient (Wildman–Crippen LogP) is 6.52. The lowest BCUT2D eigenvalue weighted by Gasteiger charge is -2.13. The number of hydrogen-bond acceptors (Lipinski definition) is 5. The topological polar surface area (TPSA) is 57.9 Å². The van der Waals surface area contributed by atoms with Crippen LogP contribution < -0.4 is 19.6 Å². The molecule has 5 nitrogen and oxygen atoms in total. The molecule has 0 unspecified atom stereocenters. The fourth-order valence-electron chi connectivity index (χ4n) is 3.14. The smallest absolute Gasteiger partial charge is 0.235 e. The summed E-state index contributed by atoms with van der Waals surface area (Å²) in [5.41, 5.74) is 1.16. The van der Waals surface area contributed by atoms with Gasteiger partial charge in [0.1, 0.15) is 23.7 Å². The Morgan fingerprint density at radius 3 is 2.42 bits per heavy atom. The maximum absolute atomic E-state index is 13.1. The van der Waals surface area contributed by atoms with Gasteiger partial charge in [0.2, 0.25) is 11.2 Å². The first-order valence-electron chi connectivity index (χ1n) is 9.89. The Kier molecular flexibility index (Phi) is 6.14. The summed E-state index contributed by atoms with van der Waals surface area (Å²) < 4.78 is 23.2. The summed E-state index contributed by atoms with van der Waals surface area (Å²) >= 11 is 5.91. The Hall–Kier alpha value is -3.44. The van der Waals surface area contributed by atoms with E-state index in [2.05, 4.69) is 0 Å². The molecule has 4 rings (SSSR count). The van der Waals surface area contributed by atoms with Gasteiger partial charge in [-0.1, -0.05) is 35.9 Å². The van der Waals surface area contributed by atoms with E-state index in [0.717, 1.165) is 5.56 Å². The van der Waals surface area contributed by atoms with Crippen molar-refractivity contribution in [3.05, 3.63) is 93.3 Å². The first kappa shape index (κ1) is 20.8. The van der Waals surface area contributed by atoms with E-state index in [1.54, 1.807) is 37.3 Å². The zero-order valence-corrected chi connectivity index (χ0v) is 17.9. The van der Waals surface area contributed by atoms with Crippen LogP contribution >= 0.6 is 11.6 Å². The molecule has 0 atom stereocenters. The highest BCUT2D eigenvalue weighted by atomic mass is 35.5. The van der Waals surface area contributed by atoms with Gasteiger partial charge < -0.3 is 18.6 Å². The van der Waals surface area contributed by atoms with E-state index >= 15 is 0 Å². The van der Waals surface area contributed by atoms with Gasteiger partial charge in [0.25, 0.3) is 0 Å². The molecule has 0 aliphatic heterocycles. The van der Waals surface area contributed by atoms with Crippen molar-refractivity contribution in [2.24, 2.45) is 0 Å². The number of benzene rings is 3. The molecule has 0 N–H and O–H groups in total. The minimum atomic E-state index is -0.255. The van der Waals surface area contributed by atoms with Gasteiger partial charge in [-0.3, -0.25) is 4.79 Å². The van der Waals surface area contributed by atoms with Gasteiger partial charge in [0.05, 0.1) is 12.0 Å². The number of para-hydroxylation sites is 2. The van der Waals surface area contributed by atoms with E-state index in [1.165, 1.54) is 0 Å². The summed E-state index contributed by atoms with van der Waals surface area (Å²) in [5.74, 6) is 2.13. The van der Waals surface area contributed by atoms with Crippen molar-refractivity contribution in [2.45, 2.75) is 20.5 Å². The second-order valence-corrected chi connectivity index (χ2v) is 7.31. The fraction of sp³-hybridized carbons (Fsp3) is 0.160. The van der Waals surface area contributed by atoms with E-state index in [4.69, 9.17) is 30.2 Å². The van der Waals surface area contributed by atoms with Crippen LogP contribution in [0, 0.1) is 6.92 Å². The van der Waals surface area contributed by atoms with E-state index in [-0.39, 0.29) is 11.2 Å². The summed E-state index contributed by atoms with van der Waals surface area (Å²) in [6.07, 6.45) is 0. The Morgan fingerprint density at radius 2 is 1.68 bits per heavy atom. The van der Waals surface area contributed by atoms with Crippen LogP contribution in [0.3, 0.4) is 0 Å². The fourth-order valence-corrected chi connectivity index (χ4v) is 3.27. The molecule has 0 saturated carbocycles. The number of rotatable bonds is 7. The van der Waals surface area contributed by atoms with Gasteiger partial charge >= 0.3 is 0 Å². The van der Waals surface area contributed by atoms with Crippen molar-refractivity contribution < 1.29 is 18.6 Å². The highest BCUT2D eigenvalue weighted by Gasteiger charge is 2.16. The number of hydrogen-bond donors (Lipinski definition) is 0. The third-order valence-corrected chi connectivity index (χ3v) is 4.92. The third kappa shape index (κ3) is 4.67. The molecule has 0 fully saturated rings. The Morgan fingerprint density at radius 1 is 0.935 bits per heavy atom. The molecule has 1 aromatic heterocycles. The van der Waals surface area contributed by atoms with Crippen LogP contribution in [0.1, 0.15) is 18.2 Å². The van der Waals surface area contributed by atoms with E-state index in [0.29, 0.717) is 52.2 Å². The van der Waals surface area contributed by atoms with Crippen LogP contribution in [-0.2, 0) is 6.61 Å². The molecule has 0 radical (unpaired) electrons. The third-order valence-electron chi connectivity index (χ3n) is 4.67. The highest BCUT2D eigenvalue weighted by Crippen LogP contribution is 2.33. The van der Waals surface area contributed by atoms with Crippen LogP contribution in [0.15, 0.2) is 75.9 Å². The van der Waals surface area contributed by atoms with Crippen LogP contribution in [-0.4, -0.2) is 6.61 Å². The van der Waals surface area contributed by atoms with Gasteiger partial charge in [-0.15, -0.1) is 0 Å². The highest BCUT2D eigenvalue weighted by molar-refractivity contribution is 6.30. The summed E-state index contributed by atoms with van der Waals surface area (Å²) in [4.78, 5) is 13.1. The Labute approximate surface area is 184 Å². The zero-order chi connectivity index (χ0) is 21.8. The van der Waals surface area contributed by atoms with Crippen molar-refractivity contribution in [2.75, 3.05) is 6.61 Å². The molecule has 4 aromatic rings.